The van der Waals surface area contributed by atoms with Crippen LogP contribution in [0.4, 0.5) is 0 Å². The molecule has 1 unspecified atom stereocenters. The largest absolute Gasteiger partial charge is 0.463 e. The number of esters is 3. The van der Waals surface area contributed by atoms with Crippen LogP contribution in [0.25, 0.3) is 0 Å². The van der Waals surface area contributed by atoms with Gasteiger partial charge < -0.3 is 44.8 Å². The standard InChI is InChI=1S/C21H40O5.C12H24O4.C9H17ClO.C3H8O3/c1-3-5-7-9-11-13-15-20(23)25-17-19(22)18-26-21(24)16-14-12-10-8-6-4-2;1-2-3-4-5-6-7-8-12(15)16-10-11(14)9-13;1-2-3-4-5-6-7-8-9(10)11;4-1-3(6)2-5/h19,22H,3-18H2,1-2H3;11,13-14H,2-10H2,1H3;2-8H2,1H3;3-6H,1-2H2. The van der Waals surface area contributed by atoms with Crippen LogP contribution in [-0.2, 0) is 33.4 Å². The highest BCUT2D eigenvalue weighted by Crippen LogP contribution is 2.10. The molecule has 0 aromatic rings. The Morgan fingerprint density at radius 1 is 0.373 bits per heavy atom. The summed E-state index contributed by atoms with van der Waals surface area (Å²) < 4.78 is 14.8. The Labute approximate surface area is 363 Å². The fraction of sp³-hybridized carbons (Fsp3) is 0.911. The highest BCUT2D eigenvalue weighted by atomic mass is 35.5. The summed E-state index contributed by atoms with van der Waals surface area (Å²) in [6.07, 6.45) is 26.3. The molecule has 354 valence electrons. The van der Waals surface area contributed by atoms with Crippen LogP contribution in [-0.4, -0.2) is 112 Å². The quantitative estimate of drug-likeness (QED) is 0.0150. The molecule has 0 aromatic heterocycles. The van der Waals surface area contributed by atoms with E-state index >= 15 is 0 Å². The monoisotopic (exact) mass is 873 g/mol. The summed E-state index contributed by atoms with van der Waals surface area (Å²) in [7, 11) is 0. The molecule has 0 amide bonds. The molecule has 14 heteroatoms. The summed E-state index contributed by atoms with van der Waals surface area (Å²) >= 11 is 5.18. The second-order valence-corrected chi connectivity index (χ2v) is 15.4. The SMILES string of the molecule is CCCCCCCCC(=O)Cl.CCCCCCCCC(=O)OCC(O)CO.CCCCCCCCC(=O)OCC(O)COC(=O)CCCCCCCC.OCC(O)CO. The average Bonchev–Trinajstić information content (AvgIpc) is 3.23. The van der Waals surface area contributed by atoms with Gasteiger partial charge in [-0.25, -0.2) is 0 Å². The van der Waals surface area contributed by atoms with Crippen molar-refractivity contribution in [3.8, 4) is 0 Å². The van der Waals surface area contributed by atoms with Crippen molar-refractivity contribution in [1.29, 1.82) is 0 Å². The molecule has 0 radical (unpaired) electrons. The zero-order chi connectivity index (χ0) is 45.2. The topological polar surface area (TPSA) is 217 Å². The lowest BCUT2D eigenvalue weighted by Gasteiger charge is -2.12. The first-order chi connectivity index (χ1) is 28.4. The lowest BCUT2D eigenvalue weighted by molar-refractivity contribution is -0.152. The maximum Gasteiger partial charge on any atom is 0.305 e. The molecule has 6 N–H and O–H groups in total. The Kier molecular flexibility index (Phi) is 58.5. The van der Waals surface area contributed by atoms with Crippen molar-refractivity contribution in [3.63, 3.8) is 0 Å². The number of hydrogen-bond acceptors (Lipinski definition) is 13. The predicted octanol–water partition coefficient (Wildman–Crippen LogP) is 8.40. The summed E-state index contributed by atoms with van der Waals surface area (Å²) in [4.78, 5) is 44.6. The molecule has 1 atom stereocenters. The molecule has 13 nitrogen and oxygen atoms in total. The maximum absolute atomic E-state index is 11.6. The number of carbonyl (C=O) groups excluding carboxylic acids is 4. The van der Waals surface area contributed by atoms with E-state index in [4.69, 9.17) is 51.3 Å². The van der Waals surface area contributed by atoms with E-state index in [1.807, 2.05) is 0 Å². The van der Waals surface area contributed by atoms with Gasteiger partial charge in [-0.15, -0.1) is 0 Å². The molecule has 0 bridgehead atoms. The van der Waals surface area contributed by atoms with Crippen molar-refractivity contribution in [3.05, 3.63) is 0 Å². The van der Waals surface area contributed by atoms with Gasteiger partial charge in [0.1, 0.15) is 38.1 Å². The fourth-order valence-corrected chi connectivity index (χ4v) is 5.27. The number of unbranched alkanes of at least 4 members (excludes halogenated alkanes) is 20. The van der Waals surface area contributed by atoms with E-state index in [1.165, 1.54) is 89.9 Å². The van der Waals surface area contributed by atoms with E-state index in [0.29, 0.717) is 25.7 Å². The van der Waals surface area contributed by atoms with Crippen molar-refractivity contribution in [2.45, 2.75) is 226 Å². The third-order valence-corrected chi connectivity index (χ3v) is 9.06. The fourth-order valence-electron chi connectivity index (χ4n) is 5.14. The molecule has 0 spiro atoms. The minimum atomic E-state index is -0.954. The van der Waals surface area contributed by atoms with Crippen LogP contribution < -0.4 is 0 Å². The zero-order valence-electron chi connectivity index (χ0n) is 37.7. The first kappa shape index (κ1) is 63.8. The third-order valence-electron chi connectivity index (χ3n) is 8.87. The molecule has 0 aliphatic rings. The van der Waals surface area contributed by atoms with Crippen LogP contribution in [0.3, 0.4) is 0 Å². The van der Waals surface area contributed by atoms with Gasteiger partial charge in [0, 0.05) is 25.7 Å². The average molecular weight is 874 g/mol. The molecule has 0 aliphatic carbocycles. The smallest absolute Gasteiger partial charge is 0.305 e. The van der Waals surface area contributed by atoms with Crippen molar-refractivity contribution in [1.82, 2.24) is 0 Å². The van der Waals surface area contributed by atoms with Gasteiger partial charge in [-0.05, 0) is 37.3 Å². The summed E-state index contributed by atoms with van der Waals surface area (Å²) in [5.74, 6) is -0.876. The van der Waals surface area contributed by atoms with Gasteiger partial charge in [-0.3, -0.25) is 19.2 Å². The molecular formula is C45H89ClO13. The molecule has 0 aromatic carbocycles. The van der Waals surface area contributed by atoms with Gasteiger partial charge in [0.05, 0.1) is 19.8 Å². The summed E-state index contributed by atoms with van der Waals surface area (Å²) in [6.45, 7) is 7.29. The van der Waals surface area contributed by atoms with Gasteiger partial charge in [0.2, 0.25) is 5.24 Å². The van der Waals surface area contributed by atoms with E-state index in [0.717, 1.165) is 64.2 Å². The first-order valence-corrected chi connectivity index (χ1v) is 23.3. The van der Waals surface area contributed by atoms with Crippen LogP contribution >= 0.6 is 11.6 Å². The Balaban J connectivity index is -0.000000387. The molecule has 0 aliphatic heterocycles. The van der Waals surface area contributed by atoms with Gasteiger partial charge >= 0.3 is 17.9 Å². The number of aliphatic hydroxyl groups is 6. The number of rotatable bonds is 37. The van der Waals surface area contributed by atoms with Crippen LogP contribution in [0.15, 0.2) is 0 Å². The van der Waals surface area contributed by atoms with E-state index in [1.54, 1.807) is 0 Å². The Morgan fingerprint density at radius 2 is 0.610 bits per heavy atom. The Bertz CT molecular complexity index is 858. The number of ether oxygens (including phenoxy) is 3. The van der Waals surface area contributed by atoms with Crippen LogP contribution in [0.1, 0.15) is 207 Å². The van der Waals surface area contributed by atoms with Crippen LogP contribution in [0.5, 0.6) is 0 Å². The summed E-state index contributed by atoms with van der Waals surface area (Å²) in [5.41, 5.74) is 0. The molecule has 59 heavy (non-hydrogen) atoms. The second-order valence-electron chi connectivity index (χ2n) is 15.0. The summed E-state index contributed by atoms with van der Waals surface area (Å²) in [5, 5.41) is 51.0. The lowest BCUT2D eigenvalue weighted by Crippen LogP contribution is -2.25. The van der Waals surface area contributed by atoms with E-state index in [2.05, 4.69) is 27.7 Å². The third kappa shape index (κ3) is 62.9. The number of aliphatic hydroxyl groups excluding tert-OH is 6. The van der Waals surface area contributed by atoms with Crippen molar-refractivity contribution < 1.29 is 64.0 Å². The Morgan fingerprint density at radius 3 is 0.847 bits per heavy atom. The van der Waals surface area contributed by atoms with Crippen LogP contribution in [0.2, 0.25) is 0 Å². The maximum atomic E-state index is 11.6. The molecular weight excluding hydrogens is 784 g/mol. The predicted molar refractivity (Wildman–Crippen MR) is 235 cm³/mol. The minimum Gasteiger partial charge on any atom is -0.463 e. The van der Waals surface area contributed by atoms with Crippen LogP contribution in [0, 0.1) is 0 Å². The lowest BCUT2D eigenvalue weighted by atomic mass is 10.1. The van der Waals surface area contributed by atoms with Crippen molar-refractivity contribution in [2.75, 3.05) is 39.6 Å². The minimum absolute atomic E-state index is 0.106. The van der Waals surface area contributed by atoms with Gasteiger partial charge in [-0.2, -0.15) is 0 Å². The zero-order valence-corrected chi connectivity index (χ0v) is 38.4. The number of hydrogen-bond donors (Lipinski definition) is 6. The van der Waals surface area contributed by atoms with Gasteiger partial charge in [0.25, 0.3) is 0 Å². The highest BCUT2D eigenvalue weighted by Gasteiger charge is 2.12. The normalized spacial score (nSPS) is 11.1. The van der Waals surface area contributed by atoms with E-state index < -0.39 is 18.3 Å². The molecule has 0 rings (SSSR count). The van der Waals surface area contributed by atoms with Crippen molar-refractivity contribution >= 4 is 34.8 Å². The Hall–Kier alpha value is -1.87. The van der Waals surface area contributed by atoms with Gasteiger partial charge in [-0.1, -0.05) is 156 Å². The summed E-state index contributed by atoms with van der Waals surface area (Å²) in [6, 6.07) is 0. The second kappa shape index (κ2) is 54.1. The molecule has 0 saturated heterocycles. The first-order valence-electron chi connectivity index (χ1n) is 22.9. The molecule has 0 fully saturated rings. The molecule has 0 saturated carbocycles. The number of carbonyl (C=O) groups is 4. The highest BCUT2D eigenvalue weighted by molar-refractivity contribution is 6.63. The van der Waals surface area contributed by atoms with E-state index in [-0.39, 0.29) is 62.8 Å². The van der Waals surface area contributed by atoms with E-state index in [9.17, 15) is 24.3 Å². The number of halogens is 1. The molecule has 0 heterocycles. The van der Waals surface area contributed by atoms with Crippen molar-refractivity contribution in [2.24, 2.45) is 0 Å². The van der Waals surface area contributed by atoms with Gasteiger partial charge in [0.15, 0.2) is 0 Å².